The van der Waals surface area contributed by atoms with Gasteiger partial charge < -0.3 is 9.64 Å². The Labute approximate surface area is 100 Å². The summed E-state index contributed by atoms with van der Waals surface area (Å²) in [6.07, 6.45) is 0. The normalized spacial score (nSPS) is 10.8. The lowest BCUT2D eigenvalue weighted by Crippen LogP contribution is -2.36. The number of aromatic nitrogens is 1. The molecule has 1 heterocycles. The summed E-state index contributed by atoms with van der Waals surface area (Å²) in [6, 6.07) is 0. The summed E-state index contributed by atoms with van der Waals surface area (Å²) in [4.78, 5) is 17.9. The highest BCUT2D eigenvalue weighted by Gasteiger charge is 2.17. The first kappa shape index (κ1) is 13.1. The zero-order chi connectivity index (χ0) is 12.0. The molecule has 0 spiro atoms. The molecule has 0 aromatic carbocycles. The maximum Gasteiger partial charge on any atom is 0.273 e. The molecule has 1 aromatic rings. The minimum Gasteiger partial charge on any atom is -0.383 e. The number of nitrogens with zero attached hydrogens (tertiary/aromatic N) is 2. The first-order valence-corrected chi connectivity index (χ1v) is 6.25. The van der Waals surface area contributed by atoms with Crippen LogP contribution in [0.25, 0.3) is 0 Å². The molecule has 0 saturated carbocycles. The van der Waals surface area contributed by atoms with Gasteiger partial charge in [-0.15, -0.1) is 11.3 Å². The highest BCUT2D eigenvalue weighted by molar-refractivity contribution is 7.07. The number of thiazole rings is 1. The van der Waals surface area contributed by atoms with E-state index >= 15 is 0 Å². The summed E-state index contributed by atoms with van der Waals surface area (Å²) in [5.41, 5.74) is 2.21. The van der Waals surface area contributed by atoms with E-state index in [2.05, 4.69) is 18.8 Å². The smallest absolute Gasteiger partial charge is 0.273 e. The number of amides is 1. The molecule has 5 heteroatoms. The molecule has 90 valence electrons. The number of hydrogen-bond acceptors (Lipinski definition) is 4. The first-order chi connectivity index (χ1) is 7.65. The van der Waals surface area contributed by atoms with E-state index < -0.39 is 0 Å². The van der Waals surface area contributed by atoms with Crippen LogP contribution in [0.3, 0.4) is 0 Å². The van der Waals surface area contributed by atoms with Crippen LogP contribution in [0.5, 0.6) is 0 Å². The van der Waals surface area contributed by atoms with Crippen molar-refractivity contribution < 1.29 is 9.53 Å². The quantitative estimate of drug-likeness (QED) is 0.765. The molecule has 0 bridgehead atoms. The zero-order valence-electron chi connectivity index (χ0n) is 9.97. The second-order valence-electron chi connectivity index (χ2n) is 4.01. The minimum atomic E-state index is -0.00741. The standard InChI is InChI=1S/C11H18N2O2S/c1-9(2)6-13(4-5-15-3)11(14)10-7-16-8-12-10/h7-9H,4-6H2,1-3H3. The molecule has 0 radical (unpaired) electrons. The highest BCUT2D eigenvalue weighted by Crippen LogP contribution is 2.08. The Kier molecular flexibility index (Phi) is 5.42. The Morgan fingerprint density at radius 1 is 1.62 bits per heavy atom. The van der Waals surface area contributed by atoms with Crippen LogP contribution in [0.1, 0.15) is 24.3 Å². The van der Waals surface area contributed by atoms with Crippen LogP contribution in [0.4, 0.5) is 0 Å². The molecule has 16 heavy (non-hydrogen) atoms. The van der Waals surface area contributed by atoms with Crippen LogP contribution < -0.4 is 0 Å². The lowest BCUT2D eigenvalue weighted by Gasteiger charge is -2.23. The fourth-order valence-corrected chi connectivity index (χ4v) is 1.92. The molecule has 0 aliphatic rings. The third-order valence-electron chi connectivity index (χ3n) is 2.09. The van der Waals surface area contributed by atoms with Gasteiger partial charge in [0, 0.05) is 25.6 Å². The van der Waals surface area contributed by atoms with E-state index in [9.17, 15) is 4.79 Å². The molecule has 0 aliphatic heterocycles. The van der Waals surface area contributed by atoms with Crippen molar-refractivity contribution in [3.05, 3.63) is 16.6 Å². The predicted molar refractivity (Wildman–Crippen MR) is 64.7 cm³/mol. The number of carbonyl (C=O) groups excluding carboxylic acids is 1. The number of hydrogen-bond donors (Lipinski definition) is 0. The molecule has 0 saturated heterocycles. The van der Waals surface area contributed by atoms with Crippen LogP contribution in [0, 0.1) is 5.92 Å². The van der Waals surface area contributed by atoms with Crippen LogP contribution in [-0.4, -0.2) is 42.6 Å². The van der Waals surface area contributed by atoms with Gasteiger partial charge in [-0.1, -0.05) is 13.8 Å². The molecule has 0 unspecified atom stereocenters. The van der Waals surface area contributed by atoms with Crippen LogP contribution in [0.15, 0.2) is 10.9 Å². The molecule has 0 N–H and O–H groups in total. The van der Waals surface area contributed by atoms with E-state index in [1.54, 1.807) is 22.9 Å². The van der Waals surface area contributed by atoms with Gasteiger partial charge in [0.2, 0.25) is 0 Å². The molecular formula is C11H18N2O2S. The first-order valence-electron chi connectivity index (χ1n) is 5.31. The Balaban J connectivity index is 2.64. The van der Waals surface area contributed by atoms with Gasteiger partial charge in [0.05, 0.1) is 12.1 Å². The molecule has 0 atom stereocenters. The van der Waals surface area contributed by atoms with Crippen molar-refractivity contribution in [3.63, 3.8) is 0 Å². The number of rotatable bonds is 6. The monoisotopic (exact) mass is 242 g/mol. The maximum atomic E-state index is 12.1. The average molecular weight is 242 g/mol. The van der Waals surface area contributed by atoms with E-state index in [1.165, 1.54) is 11.3 Å². The van der Waals surface area contributed by atoms with Gasteiger partial charge >= 0.3 is 0 Å². The second kappa shape index (κ2) is 6.60. The third kappa shape index (κ3) is 3.90. The van der Waals surface area contributed by atoms with Crippen LogP contribution in [-0.2, 0) is 4.74 Å². The minimum absolute atomic E-state index is 0.00741. The average Bonchev–Trinajstić information content (AvgIpc) is 2.76. The lowest BCUT2D eigenvalue weighted by molar-refractivity contribution is 0.0667. The van der Waals surface area contributed by atoms with Crippen molar-refractivity contribution in [2.75, 3.05) is 26.8 Å². The molecular weight excluding hydrogens is 224 g/mol. The van der Waals surface area contributed by atoms with Gasteiger partial charge in [0.1, 0.15) is 5.69 Å². The zero-order valence-corrected chi connectivity index (χ0v) is 10.8. The summed E-state index contributed by atoms with van der Waals surface area (Å²) in [5.74, 6) is 0.437. The Morgan fingerprint density at radius 3 is 2.88 bits per heavy atom. The topological polar surface area (TPSA) is 42.4 Å². The lowest BCUT2D eigenvalue weighted by atomic mass is 10.2. The third-order valence-corrected chi connectivity index (χ3v) is 2.68. The van der Waals surface area contributed by atoms with E-state index in [4.69, 9.17) is 4.74 Å². The van der Waals surface area contributed by atoms with Crippen molar-refractivity contribution in [1.82, 2.24) is 9.88 Å². The van der Waals surface area contributed by atoms with E-state index in [0.717, 1.165) is 6.54 Å². The molecule has 0 aliphatic carbocycles. The summed E-state index contributed by atoms with van der Waals surface area (Å²) >= 11 is 1.44. The van der Waals surface area contributed by atoms with Crippen molar-refractivity contribution in [2.24, 2.45) is 5.92 Å². The fourth-order valence-electron chi connectivity index (χ4n) is 1.40. The van der Waals surface area contributed by atoms with Crippen LogP contribution >= 0.6 is 11.3 Å². The summed E-state index contributed by atoms with van der Waals surface area (Å²) in [5, 5.41) is 1.78. The Hall–Kier alpha value is -0.940. The largest absolute Gasteiger partial charge is 0.383 e. The van der Waals surface area contributed by atoms with Gasteiger partial charge in [-0.3, -0.25) is 4.79 Å². The fraction of sp³-hybridized carbons (Fsp3) is 0.636. The summed E-state index contributed by atoms with van der Waals surface area (Å²) in [6.45, 7) is 6.09. The molecule has 1 rings (SSSR count). The predicted octanol–water partition coefficient (Wildman–Crippen LogP) is 1.89. The number of ether oxygens (including phenoxy) is 1. The van der Waals surface area contributed by atoms with E-state index in [0.29, 0.717) is 24.8 Å². The summed E-state index contributed by atoms with van der Waals surface area (Å²) < 4.78 is 5.01. The molecule has 0 fully saturated rings. The highest BCUT2D eigenvalue weighted by atomic mass is 32.1. The second-order valence-corrected chi connectivity index (χ2v) is 4.73. The van der Waals surface area contributed by atoms with Crippen LogP contribution in [0.2, 0.25) is 0 Å². The van der Waals surface area contributed by atoms with Crippen molar-refractivity contribution in [3.8, 4) is 0 Å². The van der Waals surface area contributed by atoms with Gasteiger partial charge in [0.25, 0.3) is 5.91 Å². The van der Waals surface area contributed by atoms with Gasteiger partial charge in [-0.25, -0.2) is 4.98 Å². The van der Waals surface area contributed by atoms with Gasteiger partial charge in [0.15, 0.2) is 0 Å². The van der Waals surface area contributed by atoms with Crippen molar-refractivity contribution in [1.29, 1.82) is 0 Å². The van der Waals surface area contributed by atoms with Crippen molar-refractivity contribution >= 4 is 17.2 Å². The van der Waals surface area contributed by atoms with Gasteiger partial charge in [-0.2, -0.15) is 0 Å². The summed E-state index contributed by atoms with van der Waals surface area (Å²) in [7, 11) is 1.64. The number of methoxy groups -OCH3 is 1. The number of carbonyl (C=O) groups is 1. The molecule has 4 nitrogen and oxygen atoms in total. The molecule has 1 amide bonds. The van der Waals surface area contributed by atoms with E-state index in [-0.39, 0.29) is 5.91 Å². The van der Waals surface area contributed by atoms with E-state index in [1.807, 2.05) is 0 Å². The van der Waals surface area contributed by atoms with Gasteiger partial charge in [-0.05, 0) is 5.92 Å². The SMILES string of the molecule is COCCN(CC(C)C)C(=O)c1cscn1. The Morgan fingerprint density at radius 2 is 2.38 bits per heavy atom. The molecule has 1 aromatic heterocycles. The van der Waals surface area contributed by atoms with Crippen molar-refractivity contribution in [2.45, 2.75) is 13.8 Å². The Bertz CT molecular complexity index is 312. The maximum absolute atomic E-state index is 12.1.